The Bertz CT molecular complexity index is 3420. The third kappa shape index (κ3) is 7.39. The Hall–Kier alpha value is -9.16. The summed E-state index contributed by atoms with van der Waals surface area (Å²) in [4.78, 5) is 0. The summed E-state index contributed by atoms with van der Waals surface area (Å²) in [6, 6.07) is 40.2. The van der Waals surface area contributed by atoms with Crippen molar-refractivity contribution in [3.05, 3.63) is 196 Å². The zero-order valence-corrected chi connectivity index (χ0v) is 35.6. The number of fused-ring (bicyclic) bond motifs is 3. The molecule has 1 aromatic heterocycles. The maximum Gasteiger partial charge on any atom is 0.143 e. The minimum Gasteiger partial charge on any atom is -0.508 e. The first-order chi connectivity index (χ1) is 32.8. The van der Waals surface area contributed by atoms with E-state index in [0.29, 0.717) is 89.4 Å². The zero-order valence-electron chi connectivity index (χ0n) is 35.6. The van der Waals surface area contributed by atoms with Crippen molar-refractivity contribution >= 4 is 23.1 Å². The molecule has 12 nitrogen and oxygen atoms in total. The van der Waals surface area contributed by atoms with Crippen LogP contribution in [0.1, 0.15) is 68.6 Å². The fourth-order valence-electron chi connectivity index (χ4n) is 9.77. The third-order valence-corrected chi connectivity index (χ3v) is 12.6. The van der Waals surface area contributed by atoms with E-state index in [9.17, 15) is 46.0 Å². The molecule has 11 rings (SSSR count). The molecular weight excluding hydrogens is 865 g/mol. The minimum atomic E-state index is -0.740. The Morgan fingerprint density at radius 2 is 0.853 bits per heavy atom. The van der Waals surface area contributed by atoms with Crippen molar-refractivity contribution in [1.29, 1.82) is 0 Å². The number of rotatable bonds is 8. The second-order valence-electron chi connectivity index (χ2n) is 17.1. The predicted octanol–water partition coefficient (Wildman–Crippen LogP) is 11.8. The maximum absolute atomic E-state index is 11.4. The molecule has 68 heavy (non-hydrogen) atoms. The highest BCUT2D eigenvalue weighted by atomic mass is 16.5. The van der Waals surface area contributed by atoms with Crippen LogP contribution in [0.4, 0.5) is 0 Å². The molecule has 0 spiro atoms. The van der Waals surface area contributed by atoms with Crippen molar-refractivity contribution < 1.29 is 59.8 Å². The first-order valence-electron chi connectivity index (χ1n) is 21.6. The predicted molar refractivity (Wildman–Crippen MR) is 254 cm³/mol. The molecule has 0 radical (unpaired) electrons. The summed E-state index contributed by atoms with van der Waals surface area (Å²) in [6.07, 6.45) is 2.30. The molecule has 9 N–H and O–H groups in total. The molecule has 0 saturated heterocycles. The molecule has 0 aliphatic carbocycles. The Balaban J connectivity index is 1.09. The number of ether oxygens (including phenoxy) is 2. The molecule has 12 heteroatoms. The van der Waals surface area contributed by atoms with Gasteiger partial charge >= 0.3 is 0 Å². The van der Waals surface area contributed by atoms with Gasteiger partial charge in [0.25, 0.3) is 0 Å². The number of phenols is 9. The highest BCUT2D eigenvalue weighted by Crippen LogP contribution is 2.58. The molecule has 336 valence electrons. The lowest BCUT2D eigenvalue weighted by molar-refractivity contribution is 0.221. The molecule has 9 aromatic rings. The smallest absolute Gasteiger partial charge is 0.143 e. The monoisotopic (exact) mass is 904 g/mol. The number of furan rings is 1. The molecule has 2 aliphatic heterocycles. The van der Waals surface area contributed by atoms with Crippen LogP contribution in [-0.4, -0.2) is 46.0 Å². The van der Waals surface area contributed by atoms with Gasteiger partial charge in [-0.2, -0.15) is 0 Å². The van der Waals surface area contributed by atoms with Gasteiger partial charge in [-0.05, 0) is 136 Å². The standard InChI is InChI=1S/C56H40O12/c57-35-10-4-29(5-11-35)54-50(33-19-38(60)23-39(61)20-33)49-32(18-42(64)26-47(49)67-54)3-1-28-2-16-46-44(17-28)52(56(66-46)31-8-14-37(59)15-9-31)45-25-43(65)27-48-53(45)51(34-21-40(62)24-41(63)22-34)55(68-48)30-6-12-36(58)13-7-30/h1-27,50-51,54-55,57-65H/b3-1+. The van der Waals surface area contributed by atoms with Crippen LogP contribution >= 0.6 is 0 Å². The van der Waals surface area contributed by atoms with E-state index in [1.54, 1.807) is 109 Å². The van der Waals surface area contributed by atoms with Gasteiger partial charge in [-0.1, -0.05) is 42.5 Å². The van der Waals surface area contributed by atoms with Crippen molar-refractivity contribution in [3.63, 3.8) is 0 Å². The topological polar surface area (TPSA) is 214 Å². The lowest BCUT2D eigenvalue weighted by Crippen LogP contribution is -2.11. The number of benzene rings is 8. The van der Waals surface area contributed by atoms with E-state index in [2.05, 4.69) is 0 Å². The summed E-state index contributed by atoms with van der Waals surface area (Å²) in [7, 11) is 0. The summed E-state index contributed by atoms with van der Waals surface area (Å²) in [5.41, 5.74) is 7.28. The molecule has 0 saturated carbocycles. The van der Waals surface area contributed by atoms with Gasteiger partial charge in [0, 0.05) is 51.9 Å². The van der Waals surface area contributed by atoms with E-state index in [1.807, 2.05) is 30.4 Å². The Morgan fingerprint density at radius 3 is 1.40 bits per heavy atom. The highest BCUT2D eigenvalue weighted by Gasteiger charge is 2.42. The first-order valence-corrected chi connectivity index (χ1v) is 21.6. The second-order valence-corrected chi connectivity index (χ2v) is 17.1. The quantitative estimate of drug-likeness (QED) is 0.0652. The van der Waals surface area contributed by atoms with Gasteiger partial charge in [0.05, 0.1) is 11.8 Å². The zero-order chi connectivity index (χ0) is 47.0. The molecule has 0 bridgehead atoms. The van der Waals surface area contributed by atoms with Crippen LogP contribution in [0.25, 0.3) is 45.6 Å². The largest absolute Gasteiger partial charge is 0.508 e. The van der Waals surface area contributed by atoms with E-state index in [-0.39, 0.29) is 51.7 Å². The average Bonchev–Trinajstić information content (AvgIpc) is 4.00. The molecule has 0 fully saturated rings. The number of hydrogen-bond donors (Lipinski definition) is 9. The van der Waals surface area contributed by atoms with Crippen LogP contribution < -0.4 is 9.47 Å². The van der Waals surface area contributed by atoms with Crippen LogP contribution in [0.5, 0.6) is 63.2 Å². The van der Waals surface area contributed by atoms with Gasteiger partial charge in [-0.15, -0.1) is 0 Å². The fraction of sp³-hybridized carbons (Fsp3) is 0.0714. The van der Waals surface area contributed by atoms with Crippen molar-refractivity contribution in [2.45, 2.75) is 24.0 Å². The highest BCUT2D eigenvalue weighted by molar-refractivity contribution is 6.04. The molecule has 4 atom stereocenters. The van der Waals surface area contributed by atoms with Gasteiger partial charge in [-0.25, -0.2) is 0 Å². The lowest BCUT2D eigenvalue weighted by Gasteiger charge is -2.22. The van der Waals surface area contributed by atoms with Crippen LogP contribution in [0.15, 0.2) is 156 Å². The Kier molecular flexibility index (Phi) is 9.82. The van der Waals surface area contributed by atoms with Crippen molar-refractivity contribution in [1.82, 2.24) is 0 Å². The summed E-state index contributed by atoms with van der Waals surface area (Å²) >= 11 is 0. The van der Waals surface area contributed by atoms with E-state index in [1.165, 1.54) is 24.3 Å². The van der Waals surface area contributed by atoms with Gasteiger partial charge in [-0.3, -0.25) is 0 Å². The Labute approximate surface area is 387 Å². The van der Waals surface area contributed by atoms with E-state index < -0.39 is 24.0 Å². The van der Waals surface area contributed by atoms with Crippen LogP contribution in [0, 0.1) is 0 Å². The third-order valence-electron chi connectivity index (χ3n) is 12.6. The lowest BCUT2D eigenvalue weighted by atomic mass is 9.80. The minimum absolute atomic E-state index is 0.0484. The number of hydrogen-bond acceptors (Lipinski definition) is 12. The first kappa shape index (κ1) is 41.5. The van der Waals surface area contributed by atoms with Crippen LogP contribution in [0.2, 0.25) is 0 Å². The molecule has 0 amide bonds. The van der Waals surface area contributed by atoms with E-state index in [0.717, 1.165) is 0 Å². The average molecular weight is 905 g/mol. The van der Waals surface area contributed by atoms with E-state index in [4.69, 9.17) is 13.9 Å². The number of aromatic hydroxyl groups is 9. The van der Waals surface area contributed by atoms with Crippen LogP contribution in [-0.2, 0) is 0 Å². The van der Waals surface area contributed by atoms with Gasteiger partial charge in [0.15, 0.2) is 0 Å². The molecular formula is C56H40O12. The summed E-state index contributed by atoms with van der Waals surface area (Å²) in [5.74, 6) is -0.715. The SMILES string of the molecule is Oc1ccc(-c2oc3ccc(/C=C/c4cc(O)cc5c4C(c4cc(O)cc(O)c4)C(c4ccc(O)cc4)O5)cc3c2-c2cc(O)cc3c2C(c2cc(O)cc(O)c2)C(c2ccc(O)cc2)O3)cc1. The van der Waals surface area contributed by atoms with Gasteiger partial charge in [0.1, 0.15) is 86.8 Å². The summed E-state index contributed by atoms with van der Waals surface area (Å²) < 4.78 is 19.9. The van der Waals surface area contributed by atoms with Crippen molar-refractivity contribution in [2.75, 3.05) is 0 Å². The molecule has 4 unspecified atom stereocenters. The molecule has 8 aromatic carbocycles. The molecule has 2 aliphatic rings. The van der Waals surface area contributed by atoms with E-state index >= 15 is 0 Å². The second kappa shape index (κ2) is 16.1. The van der Waals surface area contributed by atoms with Crippen molar-refractivity contribution in [2.24, 2.45) is 0 Å². The van der Waals surface area contributed by atoms with Gasteiger partial charge in [0.2, 0.25) is 0 Å². The van der Waals surface area contributed by atoms with Crippen molar-refractivity contribution in [3.8, 4) is 85.7 Å². The summed E-state index contributed by atoms with van der Waals surface area (Å²) in [6.45, 7) is 0. The Morgan fingerprint density at radius 1 is 0.382 bits per heavy atom. The number of phenolic OH excluding ortho intramolecular Hbond substituents is 9. The fourth-order valence-corrected chi connectivity index (χ4v) is 9.77. The van der Waals surface area contributed by atoms with Crippen LogP contribution in [0.3, 0.4) is 0 Å². The normalized spacial score (nSPS) is 17.2. The summed E-state index contributed by atoms with van der Waals surface area (Å²) in [5, 5.41) is 96.5. The van der Waals surface area contributed by atoms with Gasteiger partial charge < -0.3 is 59.8 Å². The molecule has 3 heterocycles. The maximum atomic E-state index is 11.4.